The monoisotopic (exact) mass is 495 g/mol. The molecule has 36 heavy (non-hydrogen) atoms. The first-order valence-corrected chi connectivity index (χ1v) is 12.6. The number of imide groups is 1. The van der Waals surface area contributed by atoms with E-state index in [4.69, 9.17) is 4.74 Å². The van der Waals surface area contributed by atoms with Crippen molar-refractivity contribution in [1.29, 1.82) is 0 Å². The van der Waals surface area contributed by atoms with E-state index < -0.39 is 5.54 Å². The molecular formula is C27H34FN5O3. The van der Waals surface area contributed by atoms with Gasteiger partial charge < -0.3 is 14.5 Å². The molecule has 3 fully saturated rings. The van der Waals surface area contributed by atoms with Crippen molar-refractivity contribution in [2.75, 3.05) is 46.4 Å². The lowest BCUT2D eigenvalue weighted by Gasteiger charge is -2.43. The zero-order valence-electron chi connectivity index (χ0n) is 20.7. The van der Waals surface area contributed by atoms with Gasteiger partial charge >= 0.3 is 6.03 Å². The minimum Gasteiger partial charge on any atom is -0.383 e. The molecule has 2 atom stereocenters. The molecule has 0 aromatic heterocycles. The van der Waals surface area contributed by atoms with Gasteiger partial charge in [0.05, 0.1) is 19.2 Å². The number of rotatable bonds is 8. The Morgan fingerprint density at radius 1 is 1.06 bits per heavy atom. The number of hydrogen-bond donors (Lipinski definition) is 2. The second-order valence-corrected chi connectivity index (χ2v) is 9.95. The number of hydrazine groups is 1. The third-order valence-corrected chi connectivity index (χ3v) is 7.82. The van der Waals surface area contributed by atoms with E-state index in [9.17, 15) is 14.0 Å². The van der Waals surface area contributed by atoms with Crippen LogP contribution in [-0.2, 0) is 16.1 Å². The van der Waals surface area contributed by atoms with Crippen molar-refractivity contribution < 1.29 is 18.7 Å². The number of amides is 3. The summed E-state index contributed by atoms with van der Waals surface area (Å²) in [5.74, 6) is -0.0319. The summed E-state index contributed by atoms with van der Waals surface area (Å²) in [4.78, 5) is 32.6. The van der Waals surface area contributed by atoms with Gasteiger partial charge in [0.2, 0.25) is 0 Å². The predicted molar refractivity (Wildman–Crippen MR) is 133 cm³/mol. The molecule has 2 N–H and O–H groups in total. The Hall–Kier alpha value is -2.85. The van der Waals surface area contributed by atoms with Crippen molar-refractivity contribution in [3.63, 3.8) is 0 Å². The summed E-state index contributed by atoms with van der Waals surface area (Å²) in [6.07, 6.45) is 1.20. The molecule has 2 aromatic rings. The standard InChI is InChI=1S/C27H34FN5O3/c1-36-16-15-32-25(34)27(33(26(32)35)18-20-5-3-2-4-6-20)11-13-31(14-12-27)19-22-17-29-30-24(22)21-7-9-23(28)10-8-21/h2-10,22,24,29-30H,11-19H2,1H3. The van der Waals surface area contributed by atoms with Crippen molar-refractivity contribution in [2.24, 2.45) is 5.92 Å². The molecule has 3 aliphatic heterocycles. The van der Waals surface area contributed by atoms with E-state index in [0.717, 1.165) is 37.3 Å². The molecule has 0 aliphatic carbocycles. The van der Waals surface area contributed by atoms with Crippen LogP contribution in [-0.4, -0.2) is 78.6 Å². The van der Waals surface area contributed by atoms with Crippen LogP contribution in [0.2, 0.25) is 0 Å². The summed E-state index contributed by atoms with van der Waals surface area (Å²) in [5, 5.41) is 0. The topological polar surface area (TPSA) is 77.2 Å². The maximum Gasteiger partial charge on any atom is 0.328 e. The van der Waals surface area contributed by atoms with Crippen molar-refractivity contribution in [2.45, 2.75) is 31.0 Å². The van der Waals surface area contributed by atoms with Gasteiger partial charge in [-0.2, -0.15) is 0 Å². The minimum absolute atomic E-state index is 0.0929. The first-order chi connectivity index (χ1) is 17.5. The van der Waals surface area contributed by atoms with Gasteiger partial charge in [-0.05, 0) is 36.1 Å². The van der Waals surface area contributed by atoms with E-state index in [-0.39, 0.29) is 30.3 Å². The molecule has 0 radical (unpaired) electrons. The van der Waals surface area contributed by atoms with Gasteiger partial charge in [-0.15, -0.1) is 0 Å². The van der Waals surface area contributed by atoms with E-state index in [1.807, 2.05) is 42.5 Å². The lowest BCUT2D eigenvalue weighted by Crippen LogP contribution is -2.56. The minimum atomic E-state index is -0.820. The largest absolute Gasteiger partial charge is 0.383 e. The number of likely N-dealkylation sites (tertiary alicyclic amines) is 1. The maximum absolute atomic E-state index is 13.7. The Bertz CT molecular complexity index is 1060. The van der Waals surface area contributed by atoms with Gasteiger partial charge in [-0.25, -0.2) is 14.6 Å². The zero-order valence-corrected chi connectivity index (χ0v) is 20.7. The molecule has 3 aliphatic rings. The molecule has 192 valence electrons. The third kappa shape index (κ3) is 4.76. The van der Waals surface area contributed by atoms with E-state index >= 15 is 0 Å². The number of ether oxygens (including phenoxy) is 1. The average Bonchev–Trinajstić information content (AvgIpc) is 3.43. The molecule has 2 aromatic carbocycles. The zero-order chi connectivity index (χ0) is 25.1. The average molecular weight is 496 g/mol. The van der Waals surface area contributed by atoms with Crippen LogP contribution in [0, 0.1) is 11.7 Å². The van der Waals surface area contributed by atoms with Crippen molar-refractivity contribution in [3.05, 3.63) is 71.5 Å². The fourth-order valence-electron chi connectivity index (χ4n) is 5.80. The number of carbonyl (C=O) groups excluding carboxylic acids is 2. The number of carbonyl (C=O) groups is 2. The molecule has 1 spiro atoms. The molecule has 3 heterocycles. The van der Waals surface area contributed by atoms with Gasteiger partial charge in [0.25, 0.3) is 5.91 Å². The van der Waals surface area contributed by atoms with Gasteiger partial charge in [-0.1, -0.05) is 42.5 Å². The smallest absolute Gasteiger partial charge is 0.328 e. The summed E-state index contributed by atoms with van der Waals surface area (Å²) >= 11 is 0. The number of piperidine rings is 1. The summed E-state index contributed by atoms with van der Waals surface area (Å²) in [5.41, 5.74) is 7.83. The van der Waals surface area contributed by atoms with E-state index in [1.54, 1.807) is 12.0 Å². The normalized spacial score (nSPS) is 24.3. The molecule has 5 rings (SSSR count). The first kappa shape index (κ1) is 24.8. The highest BCUT2D eigenvalue weighted by Crippen LogP contribution is 2.39. The third-order valence-electron chi connectivity index (χ3n) is 7.82. The molecule has 0 bridgehead atoms. The van der Waals surface area contributed by atoms with Crippen LogP contribution >= 0.6 is 0 Å². The number of hydrogen-bond acceptors (Lipinski definition) is 6. The number of benzene rings is 2. The Balaban J connectivity index is 1.29. The highest BCUT2D eigenvalue weighted by Gasteiger charge is 2.57. The highest BCUT2D eigenvalue weighted by molar-refractivity contribution is 6.07. The lowest BCUT2D eigenvalue weighted by atomic mass is 9.84. The van der Waals surface area contributed by atoms with Crippen LogP contribution in [0.25, 0.3) is 0 Å². The summed E-state index contributed by atoms with van der Waals surface area (Å²) in [7, 11) is 1.58. The molecular weight excluding hydrogens is 461 g/mol. The van der Waals surface area contributed by atoms with E-state index in [0.29, 0.717) is 31.9 Å². The van der Waals surface area contributed by atoms with Crippen LogP contribution in [0.3, 0.4) is 0 Å². The molecule has 3 amide bonds. The van der Waals surface area contributed by atoms with Gasteiger partial charge in [0.15, 0.2) is 0 Å². The summed E-state index contributed by atoms with van der Waals surface area (Å²) < 4.78 is 18.6. The van der Waals surface area contributed by atoms with Gasteiger partial charge in [-0.3, -0.25) is 15.1 Å². The summed E-state index contributed by atoms with van der Waals surface area (Å²) in [6.45, 7) is 4.13. The van der Waals surface area contributed by atoms with Crippen LogP contribution in [0.4, 0.5) is 9.18 Å². The van der Waals surface area contributed by atoms with Crippen molar-refractivity contribution >= 4 is 11.9 Å². The highest BCUT2D eigenvalue weighted by atomic mass is 19.1. The second kappa shape index (κ2) is 10.6. The molecule has 8 nitrogen and oxygen atoms in total. The number of halogens is 1. The number of urea groups is 1. The lowest BCUT2D eigenvalue weighted by molar-refractivity contribution is -0.136. The Morgan fingerprint density at radius 3 is 2.47 bits per heavy atom. The fraction of sp³-hybridized carbons (Fsp3) is 0.481. The fourth-order valence-corrected chi connectivity index (χ4v) is 5.80. The van der Waals surface area contributed by atoms with E-state index in [1.165, 1.54) is 17.0 Å². The van der Waals surface area contributed by atoms with Crippen LogP contribution < -0.4 is 10.9 Å². The van der Waals surface area contributed by atoms with Crippen molar-refractivity contribution in [1.82, 2.24) is 25.6 Å². The van der Waals surface area contributed by atoms with Gasteiger partial charge in [0.1, 0.15) is 11.4 Å². The molecule has 2 unspecified atom stereocenters. The maximum atomic E-state index is 13.7. The number of methoxy groups -OCH3 is 1. The number of nitrogens with one attached hydrogen (secondary N) is 2. The molecule has 3 saturated heterocycles. The molecule has 0 saturated carbocycles. The molecule has 9 heteroatoms. The Kier molecular flexibility index (Phi) is 7.34. The quantitative estimate of drug-likeness (QED) is 0.549. The SMILES string of the molecule is COCCN1C(=O)N(Cc2ccccc2)C2(CCN(CC3CNNC3c3ccc(F)cc3)CC2)C1=O. The Morgan fingerprint density at radius 2 is 1.78 bits per heavy atom. The van der Waals surface area contributed by atoms with Crippen LogP contribution in [0.15, 0.2) is 54.6 Å². The summed E-state index contributed by atoms with van der Waals surface area (Å²) in [6, 6.07) is 16.4. The van der Waals surface area contributed by atoms with Crippen molar-refractivity contribution in [3.8, 4) is 0 Å². The van der Waals surface area contributed by atoms with Crippen LogP contribution in [0.5, 0.6) is 0 Å². The van der Waals surface area contributed by atoms with Gasteiger partial charge in [0, 0.05) is 45.8 Å². The van der Waals surface area contributed by atoms with Crippen LogP contribution in [0.1, 0.15) is 30.0 Å². The second-order valence-electron chi connectivity index (χ2n) is 9.95. The van der Waals surface area contributed by atoms with E-state index in [2.05, 4.69) is 15.8 Å². The predicted octanol–water partition coefficient (Wildman–Crippen LogP) is 2.54. The Labute approximate surface area is 211 Å². The number of nitrogens with zero attached hydrogens (tertiary/aromatic N) is 3. The first-order valence-electron chi connectivity index (χ1n) is 12.6.